The zero-order valence-electron chi connectivity index (χ0n) is 9.77. The van der Waals surface area contributed by atoms with E-state index < -0.39 is 0 Å². The SMILES string of the molecule is CCn1nccc1C(NN)c1scc(C)c1Cl. The van der Waals surface area contributed by atoms with Crippen LogP contribution in [0.2, 0.25) is 5.02 Å². The molecule has 3 N–H and O–H groups in total. The summed E-state index contributed by atoms with van der Waals surface area (Å²) in [5, 5.41) is 7.06. The molecule has 1 unspecified atom stereocenters. The molecule has 0 aliphatic heterocycles. The predicted octanol–water partition coefficient (Wildman–Crippen LogP) is 2.48. The third-order valence-corrected chi connectivity index (χ3v) is 4.48. The molecule has 2 rings (SSSR count). The van der Waals surface area contributed by atoms with Crippen molar-refractivity contribution in [3.05, 3.63) is 38.8 Å². The number of nitrogens with zero attached hydrogens (tertiary/aromatic N) is 2. The zero-order valence-corrected chi connectivity index (χ0v) is 11.3. The van der Waals surface area contributed by atoms with Gasteiger partial charge in [0, 0.05) is 17.6 Å². The van der Waals surface area contributed by atoms with Crippen molar-refractivity contribution >= 4 is 22.9 Å². The topological polar surface area (TPSA) is 55.9 Å². The van der Waals surface area contributed by atoms with E-state index in [0.717, 1.165) is 27.7 Å². The molecule has 2 heterocycles. The first-order chi connectivity index (χ1) is 8.19. The van der Waals surface area contributed by atoms with Crippen LogP contribution >= 0.6 is 22.9 Å². The Morgan fingerprint density at radius 1 is 1.65 bits per heavy atom. The Morgan fingerprint density at radius 3 is 2.94 bits per heavy atom. The number of aryl methyl sites for hydroxylation is 2. The van der Waals surface area contributed by atoms with E-state index >= 15 is 0 Å². The van der Waals surface area contributed by atoms with Gasteiger partial charge in [-0.2, -0.15) is 5.10 Å². The molecule has 0 aliphatic rings. The van der Waals surface area contributed by atoms with Crippen LogP contribution in [0, 0.1) is 6.92 Å². The lowest BCUT2D eigenvalue weighted by atomic mass is 10.1. The van der Waals surface area contributed by atoms with Crippen molar-refractivity contribution < 1.29 is 0 Å². The van der Waals surface area contributed by atoms with Gasteiger partial charge in [-0.05, 0) is 30.9 Å². The summed E-state index contributed by atoms with van der Waals surface area (Å²) in [5.41, 5.74) is 4.92. The minimum atomic E-state index is -0.108. The van der Waals surface area contributed by atoms with Crippen LogP contribution in [0.1, 0.15) is 29.1 Å². The first-order valence-corrected chi connectivity index (χ1v) is 6.66. The van der Waals surface area contributed by atoms with E-state index in [9.17, 15) is 0 Å². The summed E-state index contributed by atoms with van der Waals surface area (Å²) in [6, 6.07) is 1.85. The van der Waals surface area contributed by atoms with Crippen LogP contribution in [0.5, 0.6) is 0 Å². The minimum absolute atomic E-state index is 0.108. The minimum Gasteiger partial charge on any atom is -0.270 e. The maximum absolute atomic E-state index is 6.28. The average Bonchev–Trinajstić information content (AvgIpc) is 2.92. The largest absolute Gasteiger partial charge is 0.270 e. The van der Waals surface area contributed by atoms with Crippen molar-refractivity contribution in [1.82, 2.24) is 15.2 Å². The molecule has 1 atom stereocenters. The fraction of sp³-hybridized carbons (Fsp3) is 0.364. The van der Waals surface area contributed by atoms with E-state index in [1.54, 1.807) is 17.5 Å². The Balaban J connectivity index is 2.44. The summed E-state index contributed by atoms with van der Waals surface area (Å²) in [5.74, 6) is 5.65. The van der Waals surface area contributed by atoms with Gasteiger partial charge in [0.15, 0.2) is 0 Å². The van der Waals surface area contributed by atoms with Crippen molar-refractivity contribution in [3.63, 3.8) is 0 Å². The fourth-order valence-corrected chi connectivity index (χ4v) is 3.17. The van der Waals surface area contributed by atoms with Gasteiger partial charge in [-0.3, -0.25) is 10.5 Å². The van der Waals surface area contributed by atoms with Crippen LogP contribution in [0.15, 0.2) is 17.6 Å². The summed E-state index contributed by atoms with van der Waals surface area (Å²) < 4.78 is 1.91. The number of aromatic nitrogens is 2. The van der Waals surface area contributed by atoms with Crippen molar-refractivity contribution in [2.45, 2.75) is 26.4 Å². The Kier molecular flexibility index (Phi) is 3.83. The number of rotatable bonds is 4. The third kappa shape index (κ3) is 2.24. The van der Waals surface area contributed by atoms with Gasteiger partial charge in [-0.15, -0.1) is 11.3 Å². The van der Waals surface area contributed by atoms with E-state index in [4.69, 9.17) is 17.4 Å². The van der Waals surface area contributed by atoms with Gasteiger partial charge in [0.05, 0.1) is 16.8 Å². The van der Waals surface area contributed by atoms with Crippen molar-refractivity contribution in [1.29, 1.82) is 0 Å². The average molecular weight is 271 g/mol. The molecule has 0 fully saturated rings. The number of nitrogens with one attached hydrogen (secondary N) is 1. The monoisotopic (exact) mass is 270 g/mol. The summed E-state index contributed by atoms with van der Waals surface area (Å²) in [6.45, 7) is 4.85. The second-order valence-electron chi connectivity index (χ2n) is 3.77. The van der Waals surface area contributed by atoms with Crippen molar-refractivity contribution in [3.8, 4) is 0 Å². The van der Waals surface area contributed by atoms with E-state index in [0.29, 0.717) is 0 Å². The summed E-state index contributed by atoms with van der Waals surface area (Å²) in [7, 11) is 0. The summed E-state index contributed by atoms with van der Waals surface area (Å²) in [4.78, 5) is 1.03. The maximum atomic E-state index is 6.28. The second-order valence-corrected chi connectivity index (χ2v) is 5.06. The second kappa shape index (κ2) is 5.18. The quantitative estimate of drug-likeness (QED) is 0.663. The normalized spacial score (nSPS) is 12.9. The maximum Gasteiger partial charge on any atom is 0.0985 e. The van der Waals surface area contributed by atoms with Gasteiger partial charge < -0.3 is 0 Å². The molecule has 0 amide bonds. The van der Waals surface area contributed by atoms with Crippen molar-refractivity contribution in [2.75, 3.05) is 0 Å². The molecule has 0 bridgehead atoms. The number of thiophene rings is 1. The third-order valence-electron chi connectivity index (χ3n) is 2.70. The van der Waals surface area contributed by atoms with Crippen LogP contribution < -0.4 is 11.3 Å². The molecule has 2 aromatic rings. The Morgan fingerprint density at radius 2 is 2.41 bits per heavy atom. The highest BCUT2D eigenvalue weighted by atomic mass is 35.5. The molecule has 0 radical (unpaired) electrons. The van der Waals surface area contributed by atoms with Crippen LogP contribution in [0.4, 0.5) is 0 Å². The molecule has 6 heteroatoms. The zero-order chi connectivity index (χ0) is 12.4. The van der Waals surface area contributed by atoms with Crippen LogP contribution in [-0.2, 0) is 6.54 Å². The molecule has 0 spiro atoms. The Labute approximate surface area is 109 Å². The standard InChI is InChI=1S/C11H15ClN4S/c1-3-16-8(4-5-14-16)10(15-13)11-9(12)7(2)6-17-11/h4-6,10,15H,3,13H2,1-2H3. The van der Waals surface area contributed by atoms with Gasteiger partial charge in [0.1, 0.15) is 0 Å². The molecule has 4 nitrogen and oxygen atoms in total. The van der Waals surface area contributed by atoms with Crippen LogP contribution in [-0.4, -0.2) is 9.78 Å². The van der Waals surface area contributed by atoms with Gasteiger partial charge >= 0.3 is 0 Å². The molecular weight excluding hydrogens is 256 g/mol. The molecule has 17 heavy (non-hydrogen) atoms. The number of halogens is 1. The first kappa shape index (κ1) is 12.6. The van der Waals surface area contributed by atoms with Crippen LogP contribution in [0.25, 0.3) is 0 Å². The number of hydrogen-bond acceptors (Lipinski definition) is 4. The van der Waals surface area contributed by atoms with E-state index in [1.807, 2.05) is 30.0 Å². The Hall–Kier alpha value is -0.880. The highest BCUT2D eigenvalue weighted by molar-refractivity contribution is 7.10. The van der Waals surface area contributed by atoms with Gasteiger partial charge in [-0.25, -0.2) is 5.43 Å². The molecule has 0 aromatic carbocycles. The molecule has 0 aliphatic carbocycles. The summed E-state index contributed by atoms with van der Waals surface area (Å²) in [6.07, 6.45) is 1.78. The van der Waals surface area contributed by atoms with Gasteiger partial charge in [-0.1, -0.05) is 11.6 Å². The van der Waals surface area contributed by atoms with Crippen LogP contribution in [0.3, 0.4) is 0 Å². The molecule has 0 saturated heterocycles. The van der Waals surface area contributed by atoms with Crippen molar-refractivity contribution in [2.24, 2.45) is 5.84 Å². The fourth-order valence-electron chi connectivity index (χ4n) is 1.79. The van der Waals surface area contributed by atoms with Gasteiger partial charge in [0.2, 0.25) is 0 Å². The first-order valence-electron chi connectivity index (χ1n) is 5.40. The smallest absolute Gasteiger partial charge is 0.0985 e. The van der Waals surface area contributed by atoms with E-state index in [1.165, 1.54) is 0 Å². The van der Waals surface area contributed by atoms with Gasteiger partial charge in [0.25, 0.3) is 0 Å². The lowest BCUT2D eigenvalue weighted by molar-refractivity contribution is 0.548. The predicted molar refractivity (Wildman–Crippen MR) is 71.1 cm³/mol. The Bertz CT molecular complexity index is 505. The van der Waals surface area contributed by atoms with E-state index in [-0.39, 0.29) is 6.04 Å². The molecule has 2 aromatic heterocycles. The number of hydrazine groups is 1. The lowest BCUT2D eigenvalue weighted by Gasteiger charge is -2.16. The number of hydrogen-bond donors (Lipinski definition) is 2. The molecule has 0 saturated carbocycles. The lowest BCUT2D eigenvalue weighted by Crippen LogP contribution is -2.30. The molecular formula is C11H15ClN4S. The highest BCUT2D eigenvalue weighted by Crippen LogP contribution is 2.35. The highest BCUT2D eigenvalue weighted by Gasteiger charge is 2.21. The number of nitrogens with two attached hydrogens (primary N) is 1. The molecule has 92 valence electrons. The summed E-state index contributed by atoms with van der Waals surface area (Å²) >= 11 is 7.89. The van der Waals surface area contributed by atoms with E-state index in [2.05, 4.69) is 10.5 Å².